The van der Waals surface area contributed by atoms with Gasteiger partial charge in [0.05, 0.1) is 11.3 Å². The summed E-state index contributed by atoms with van der Waals surface area (Å²) >= 11 is 0. The van der Waals surface area contributed by atoms with E-state index in [0.29, 0.717) is 18.5 Å². The molecule has 25 heavy (non-hydrogen) atoms. The van der Waals surface area contributed by atoms with Crippen molar-refractivity contribution in [3.63, 3.8) is 0 Å². The predicted molar refractivity (Wildman–Crippen MR) is 96.7 cm³/mol. The molecule has 2 N–H and O–H groups in total. The van der Waals surface area contributed by atoms with E-state index in [2.05, 4.69) is 20.6 Å². The molecule has 6 nitrogen and oxygen atoms in total. The molecule has 0 bridgehead atoms. The zero-order chi connectivity index (χ0) is 17.1. The Labute approximate surface area is 146 Å². The quantitative estimate of drug-likeness (QED) is 0.696. The lowest BCUT2D eigenvalue weighted by Gasteiger charge is -2.06. The number of pyridine rings is 2. The molecule has 0 spiro atoms. The Morgan fingerprint density at radius 3 is 2.92 bits per heavy atom. The Hall–Kier alpha value is -2.89. The molecule has 1 amide bonds. The molecule has 1 aliphatic rings. The number of nitrogens with one attached hydrogen (secondary N) is 2. The van der Waals surface area contributed by atoms with Crippen LogP contribution in [0.4, 0.5) is 5.82 Å². The van der Waals surface area contributed by atoms with Gasteiger partial charge in [0.15, 0.2) is 0 Å². The van der Waals surface area contributed by atoms with Crippen LogP contribution in [0.2, 0.25) is 0 Å². The summed E-state index contributed by atoms with van der Waals surface area (Å²) in [6.45, 7) is 1.52. The summed E-state index contributed by atoms with van der Waals surface area (Å²) in [5.74, 6) is 1.52. The summed E-state index contributed by atoms with van der Waals surface area (Å²) in [6, 6.07) is 9.56. The second-order valence-electron chi connectivity index (χ2n) is 6.46. The maximum Gasteiger partial charge on any atom is 0.252 e. The zero-order valence-electron chi connectivity index (χ0n) is 14.0. The predicted octanol–water partition coefficient (Wildman–Crippen LogP) is 2.52. The van der Waals surface area contributed by atoms with Crippen LogP contribution in [0.3, 0.4) is 0 Å². The zero-order valence-corrected chi connectivity index (χ0v) is 14.0. The van der Waals surface area contributed by atoms with Crippen molar-refractivity contribution in [2.24, 2.45) is 5.92 Å². The second kappa shape index (κ2) is 6.93. The highest BCUT2D eigenvalue weighted by atomic mass is 16.1. The minimum absolute atomic E-state index is 0.106. The molecule has 1 fully saturated rings. The fraction of sp³-hybridized carbons (Fsp3) is 0.316. The molecular formula is C19H21N5O. The van der Waals surface area contributed by atoms with Gasteiger partial charge in [0.25, 0.3) is 5.91 Å². The summed E-state index contributed by atoms with van der Waals surface area (Å²) < 4.78 is 1.98. The molecule has 128 valence electrons. The largest absolute Gasteiger partial charge is 0.370 e. The van der Waals surface area contributed by atoms with E-state index in [-0.39, 0.29) is 5.91 Å². The summed E-state index contributed by atoms with van der Waals surface area (Å²) in [5.41, 5.74) is 2.46. The molecule has 3 aromatic rings. The number of hydrogen-bond acceptors (Lipinski definition) is 4. The topological polar surface area (TPSA) is 71.3 Å². The maximum atomic E-state index is 12.2. The van der Waals surface area contributed by atoms with Crippen LogP contribution in [-0.2, 0) is 6.42 Å². The molecule has 1 aliphatic carbocycles. The minimum atomic E-state index is -0.106. The van der Waals surface area contributed by atoms with E-state index in [4.69, 9.17) is 0 Å². The summed E-state index contributed by atoms with van der Waals surface area (Å²) in [7, 11) is 0. The molecule has 0 aromatic carbocycles. The van der Waals surface area contributed by atoms with Crippen LogP contribution in [0.25, 0.3) is 5.65 Å². The van der Waals surface area contributed by atoms with Crippen molar-refractivity contribution >= 4 is 17.4 Å². The van der Waals surface area contributed by atoms with Crippen molar-refractivity contribution in [3.05, 3.63) is 60.2 Å². The van der Waals surface area contributed by atoms with Gasteiger partial charge in [-0.2, -0.15) is 0 Å². The standard InChI is InChI=1S/C19H21N5O/c25-19(15-6-7-17(22-12-15)21-11-14-4-5-14)20-9-8-16-13-24-10-2-1-3-18(24)23-16/h1-3,6-7,10,12-14H,4-5,8-9,11H2,(H,20,25)(H,21,22). The number of carbonyl (C=O) groups is 1. The Bertz CT molecular complexity index is 834. The van der Waals surface area contributed by atoms with Crippen LogP contribution in [0, 0.1) is 5.92 Å². The first-order valence-corrected chi connectivity index (χ1v) is 8.69. The number of rotatable bonds is 7. The van der Waals surface area contributed by atoms with Crippen LogP contribution in [0.5, 0.6) is 0 Å². The van der Waals surface area contributed by atoms with Crippen molar-refractivity contribution in [1.82, 2.24) is 19.7 Å². The van der Waals surface area contributed by atoms with Crippen molar-refractivity contribution in [2.75, 3.05) is 18.4 Å². The van der Waals surface area contributed by atoms with Gasteiger partial charge < -0.3 is 15.0 Å². The smallest absolute Gasteiger partial charge is 0.252 e. The minimum Gasteiger partial charge on any atom is -0.370 e. The Kier molecular flexibility index (Phi) is 4.33. The highest BCUT2D eigenvalue weighted by molar-refractivity contribution is 5.94. The number of nitrogens with zero attached hydrogens (tertiary/aromatic N) is 3. The number of carbonyl (C=O) groups excluding carboxylic acids is 1. The van der Waals surface area contributed by atoms with Crippen molar-refractivity contribution < 1.29 is 4.79 Å². The number of amides is 1. The van der Waals surface area contributed by atoms with E-state index in [9.17, 15) is 4.79 Å². The number of imidazole rings is 1. The van der Waals surface area contributed by atoms with Gasteiger partial charge in [-0.25, -0.2) is 9.97 Å². The van der Waals surface area contributed by atoms with Gasteiger partial charge in [0.1, 0.15) is 11.5 Å². The third-order valence-electron chi connectivity index (χ3n) is 4.38. The van der Waals surface area contributed by atoms with Gasteiger partial charge in [-0.15, -0.1) is 0 Å². The average Bonchev–Trinajstić information content (AvgIpc) is 3.38. The Morgan fingerprint density at radius 1 is 1.24 bits per heavy atom. The molecule has 3 heterocycles. The highest BCUT2D eigenvalue weighted by Gasteiger charge is 2.20. The third kappa shape index (κ3) is 3.96. The maximum absolute atomic E-state index is 12.2. The van der Waals surface area contributed by atoms with Gasteiger partial charge >= 0.3 is 0 Å². The first-order valence-electron chi connectivity index (χ1n) is 8.69. The number of anilines is 1. The summed E-state index contributed by atoms with van der Waals surface area (Å²) in [4.78, 5) is 21.0. The van der Waals surface area contributed by atoms with Gasteiger partial charge in [0, 0.05) is 38.1 Å². The summed E-state index contributed by atoms with van der Waals surface area (Å²) in [6.07, 6.45) is 8.88. The number of hydrogen-bond donors (Lipinski definition) is 2. The van der Waals surface area contributed by atoms with Crippen molar-refractivity contribution in [1.29, 1.82) is 0 Å². The molecule has 4 rings (SSSR count). The van der Waals surface area contributed by atoms with E-state index in [1.165, 1.54) is 12.8 Å². The molecule has 0 unspecified atom stereocenters. The highest BCUT2D eigenvalue weighted by Crippen LogP contribution is 2.28. The Morgan fingerprint density at radius 2 is 2.16 bits per heavy atom. The van der Waals surface area contributed by atoms with E-state index in [1.54, 1.807) is 6.20 Å². The molecule has 0 radical (unpaired) electrons. The van der Waals surface area contributed by atoms with E-state index >= 15 is 0 Å². The molecule has 3 aromatic heterocycles. The number of aromatic nitrogens is 3. The molecule has 6 heteroatoms. The molecule has 0 aliphatic heterocycles. The summed E-state index contributed by atoms with van der Waals surface area (Å²) in [5, 5.41) is 6.22. The molecule has 0 atom stereocenters. The van der Waals surface area contributed by atoms with E-state index < -0.39 is 0 Å². The fourth-order valence-corrected chi connectivity index (χ4v) is 2.72. The normalized spacial score (nSPS) is 13.8. The SMILES string of the molecule is O=C(NCCc1cn2ccccc2n1)c1ccc(NCC2CC2)nc1. The molecular weight excluding hydrogens is 314 g/mol. The van der Waals surface area contributed by atoms with Crippen molar-refractivity contribution in [2.45, 2.75) is 19.3 Å². The lowest BCUT2D eigenvalue weighted by atomic mass is 10.2. The first kappa shape index (κ1) is 15.6. The monoisotopic (exact) mass is 335 g/mol. The van der Waals surface area contributed by atoms with Crippen LogP contribution in [-0.4, -0.2) is 33.4 Å². The van der Waals surface area contributed by atoms with Crippen LogP contribution < -0.4 is 10.6 Å². The molecule has 0 saturated heterocycles. The van der Waals surface area contributed by atoms with Crippen LogP contribution >= 0.6 is 0 Å². The Balaban J connectivity index is 1.27. The van der Waals surface area contributed by atoms with E-state index in [1.807, 2.05) is 47.1 Å². The lowest BCUT2D eigenvalue weighted by molar-refractivity contribution is 0.0954. The van der Waals surface area contributed by atoms with Crippen LogP contribution in [0.1, 0.15) is 28.9 Å². The van der Waals surface area contributed by atoms with E-state index in [0.717, 1.165) is 29.6 Å². The third-order valence-corrected chi connectivity index (χ3v) is 4.38. The van der Waals surface area contributed by atoms with Gasteiger partial charge in [-0.05, 0) is 43.0 Å². The first-order chi connectivity index (χ1) is 12.3. The fourth-order valence-electron chi connectivity index (χ4n) is 2.72. The van der Waals surface area contributed by atoms with Gasteiger partial charge in [-0.3, -0.25) is 4.79 Å². The molecule has 1 saturated carbocycles. The second-order valence-corrected chi connectivity index (χ2v) is 6.46. The number of fused-ring (bicyclic) bond motifs is 1. The van der Waals surface area contributed by atoms with Gasteiger partial charge in [-0.1, -0.05) is 6.07 Å². The lowest BCUT2D eigenvalue weighted by Crippen LogP contribution is -2.25. The van der Waals surface area contributed by atoms with Gasteiger partial charge in [0.2, 0.25) is 0 Å². The van der Waals surface area contributed by atoms with Crippen molar-refractivity contribution in [3.8, 4) is 0 Å². The van der Waals surface area contributed by atoms with Crippen LogP contribution in [0.15, 0.2) is 48.9 Å². The average molecular weight is 335 g/mol.